The molecule has 0 fully saturated rings. The first-order valence-corrected chi connectivity index (χ1v) is 7.43. The lowest BCUT2D eigenvalue weighted by atomic mass is 10.0. The standard InChI is InChI=1S/C17H30N2O/c1-17(2,3)18-11-10-15-8-6-7-9-16(15)14-20-13-12-19(4)5/h6-9,18H,10-14H2,1-5H3. The Balaban J connectivity index is 2.42. The fourth-order valence-electron chi connectivity index (χ4n) is 1.94. The van der Waals surface area contributed by atoms with Gasteiger partial charge in [0.05, 0.1) is 13.2 Å². The molecular formula is C17H30N2O. The largest absolute Gasteiger partial charge is 0.375 e. The number of nitrogens with one attached hydrogen (secondary N) is 1. The molecule has 0 aromatic heterocycles. The van der Waals surface area contributed by atoms with Crippen molar-refractivity contribution in [3.8, 4) is 0 Å². The summed E-state index contributed by atoms with van der Waals surface area (Å²) < 4.78 is 5.76. The van der Waals surface area contributed by atoms with E-state index in [1.165, 1.54) is 11.1 Å². The number of rotatable bonds is 8. The molecular weight excluding hydrogens is 248 g/mol. The zero-order valence-electron chi connectivity index (χ0n) is 13.7. The average molecular weight is 278 g/mol. The molecule has 0 unspecified atom stereocenters. The van der Waals surface area contributed by atoms with Crippen LogP contribution in [0.3, 0.4) is 0 Å². The summed E-state index contributed by atoms with van der Waals surface area (Å²) in [6, 6.07) is 8.57. The smallest absolute Gasteiger partial charge is 0.0720 e. The highest BCUT2D eigenvalue weighted by Gasteiger charge is 2.09. The van der Waals surface area contributed by atoms with Gasteiger partial charge in [-0.2, -0.15) is 0 Å². The van der Waals surface area contributed by atoms with Gasteiger partial charge in [0.15, 0.2) is 0 Å². The van der Waals surface area contributed by atoms with E-state index in [0.717, 1.165) is 26.1 Å². The molecule has 0 radical (unpaired) electrons. The van der Waals surface area contributed by atoms with Crippen molar-refractivity contribution in [3.05, 3.63) is 35.4 Å². The van der Waals surface area contributed by atoms with Crippen LogP contribution in [-0.4, -0.2) is 44.2 Å². The molecule has 0 aliphatic rings. The Bertz CT molecular complexity index is 383. The first-order chi connectivity index (χ1) is 9.38. The first-order valence-electron chi connectivity index (χ1n) is 7.43. The lowest BCUT2D eigenvalue weighted by molar-refractivity contribution is 0.105. The summed E-state index contributed by atoms with van der Waals surface area (Å²) >= 11 is 0. The number of likely N-dealkylation sites (N-methyl/N-ethyl adjacent to an activating group) is 1. The van der Waals surface area contributed by atoms with Crippen LogP contribution in [-0.2, 0) is 17.8 Å². The summed E-state index contributed by atoms with van der Waals surface area (Å²) in [7, 11) is 4.13. The molecule has 0 saturated heterocycles. The van der Waals surface area contributed by atoms with Gasteiger partial charge in [0.25, 0.3) is 0 Å². The maximum Gasteiger partial charge on any atom is 0.0720 e. The van der Waals surface area contributed by atoms with Crippen molar-refractivity contribution in [3.63, 3.8) is 0 Å². The van der Waals surface area contributed by atoms with Gasteiger partial charge < -0.3 is 15.0 Å². The van der Waals surface area contributed by atoms with E-state index >= 15 is 0 Å². The van der Waals surface area contributed by atoms with Gasteiger partial charge in [-0.1, -0.05) is 24.3 Å². The van der Waals surface area contributed by atoms with Gasteiger partial charge in [-0.05, 0) is 59.0 Å². The number of hydrogen-bond acceptors (Lipinski definition) is 3. The van der Waals surface area contributed by atoms with Crippen LogP contribution in [0, 0.1) is 0 Å². The SMILES string of the molecule is CN(C)CCOCc1ccccc1CCNC(C)(C)C. The predicted molar refractivity (Wildman–Crippen MR) is 86.1 cm³/mol. The summed E-state index contributed by atoms with van der Waals surface area (Å²) in [4.78, 5) is 2.14. The molecule has 1 N–H and O–H groups in total. The van der Waals surface area contributed by atoms with Crippen molar-refractivity contribution >= 4 is 0 Å². The topological polar surface area (TPSA) is 24.5 Å². The lowest BCUT2D eigenvalue weighted by Gasteiger charge is -2.21. The molecule has 1 rings (SSSR count). The number of ether oxygens (including phenoxy) is 1. The average Bonchev–Trinajstić information content (AvgIpc) is 2.34. The van der Waals surface area contributed by atoms with Crippen LogP contribution in [0.1, 0.15) is 31.9 Å². The van der Waals surface area contributed by atoms with E-state index < -0.39 is 0 Å². The minimum atomic E-state index is 0.178. The van der Waals surface area contributed by atoms with Gasteiger partial charge in [0.1, 0.15) is 0 Å². The Morgan fingerprint density at radius 3 is 2.35 bits per heavy atom. The van der Waals surface area contributed by atoms with Crippen LogP contribution in [0.5, 0.6) is 0 Å². The lowest BCUT2D eigenvalue weighted by Crippen LogP contribution is -2.37. The van der Waals surface area contributed by atoms with Crippen molar-refractivity contribution in [1.29, 1.82) is 0 Å². The molecule has 0 spiro atoms. The maximum absolute atomic E-state index is 5.76. The second kappa shape index (κ2) is 8.40. The molecule has 0 aliphatic heterocycles. The molecule has 3 nitrogen and oxygen atoms in total. The highest BCUT2D eigenvalue weighted by Crippen LogP contribution is 2.11. The van der Waals surface area contributed by atoms with Crippen LogP contribution in [0.4, 0.5) is 0 Å². The highest BCUT2D eigenvalue weighted by atomic mass is 16.5. The third kappa shape index (κ3) is 7.63. The third-order valence-corrected chi connectivity index (χ3v) is 3.11. The summed E-state index contributed by atoms with van der Waals surface area (Å²) in [5, 5.41) is 3.53. The number of benzene rings is 1. The molecule has 0 bridgehead atoms. The number of hydrogen-bond donors (Lipinski definition) is 1. The summed E-state index contributed by atoms with van der Waals surface area (Å²) in [6.45, 7) is 10.0. The second-order valence-corrected chi connectivity index (χ2v) is 6.55. The minimum absolute atomic E-state index is 0.178. The molecule has 0 atom stereocenters. The summed E-state index contributed by atoms with van der Waals surface area (Å²) in [5.41, 5.74) is 2.87. The Kier molecular flexibility index (Phi) is 7.20. The molecule has 0 aliphatic carbocycles. The normalized spacial score (nSPS) is 12.1. The molecule has 114 valence electrons. The van der Waals surface area contributed by atoms with Gasteiger partial charge >= 0.3 is 0 Å². The zero-order valence-corrected chi connectivity index (χ0v) is 13.7. The van der Waals surface area contributed by atoms with Crippen LogP contribution in [0.2, 0.25) is 0 Å². The Hall–Kier alpha value is -0.900. The van der Waals surface area contributed by atoms with Crippen molar-refractivity contribution in [2.24, 2.45) is 0 Å². The number of nitrogens with zero attached hydrogens (tertiary/aromatic N) is 1. The van der Waals surface area contributed by atoms with Crippen LogP contribution in [0.25, 0.3) is 0 Å². The summed E-state index contributed by atoms with van der Waals surface area (Å²) in [5.74, 6) is 0. The first kappa shape index (κ1) is 17.2. The summed E-state index contributed by atoms with van der Waals surface area (Å²) in [6.07, 6.45) is 1.05. The molecule has 0 amide bonds. The van der Waals surface area contributed by atoms with Crippen LogP contribution < -0.4 is 5.32 Å². The van der Waals surface area contributed by atoms with Crippen molar-refractivity contribution in [1.82, 2.24) is 10.2 Å². The van der Waals surface area contributed by atoms with Gasteiger partial charge in [-0.25, -0.2) is 0 Å². The highest BCUT2D eigenvalue weighted by molar-refractivity contribution is 5.26. The molecule has 3 heteroatoms. The Morgan fingerprint density at radius 1 is 1.10 bits per heavy atom. The van der Waals surface area contributed by atoms with E-state index in [1.807, 2.05) is 0 Å². The second-order valence-electron chi connectivity index (χ2n) is 6.55. The fraction of sp³-hybridized carbons (Fsp3) is 0.647. The fourth-order valence-corrected chi connectivity index (χ4v) is 1.94. The molecule has 1 aromatic carbocycles. The molecule has 0 saturated carbocycles. The predicted octanol–water partition coefficient (Wildman–Crippen LogP) is 2.70. The van der Waals surface area contributed by atoms with Crippen molar-refractivity contribution < 1.29 is 4.74 Å². The van der Waals surface area contributed by atoms with Crippen LogP contribution in [0.15, 0.2) is 24.3 Å². The third-order valence-electron chi connectivity index (χ3n) is 3.11. The van der Waals surface area contributed by atoms with E-state index in [-0.39, 0.29) is 5.54 Å². The minimum Gasteiger partial charge on any atom is -0.375 e. The van der Waals surface area contributed by atoms with Gasteiger partial charge in [0.2, 0.25) is 0 Å². The van der Waals surface area contributed by atoms with Crippen molar-refractivity contribution in [2.75, 3.05) is 33.8 Å². The van der Waals surface area contributed by atoms with Crippen molar-refractivity contribution in [2.45, 2.75) is 39.3 Å². The van der Waals surface area contributed by atoms with E-state index in [1.54, 1.807) is 0 Å². The van der Waals surface area contributed by atoms with E-state index in [9.17, 15) is 0 Å². The Labute approximate surface area is 124 Å². The van der Waals surface area contributed by atoms with E-state index in [2.05, 4.69) is 69.3 Å². The Morgan fingerprint density at radius 2 is 1.75 bits per heavy atom. The van der Waals surface area contributed by atoms with Gasteiger partial charge in [-0.15, -0.1) is 0 Å². The van der Waals surface area contributed by atoms with Gasteiger partial charge in [-0.3, -0.25) is 0 Å². The zero-order chi connectivity index (χ0) is 15.0. The molecule has 1 aromatic rings. The molecule has 0 heterocycles. The molecule has 20 heavy (non-hydrogen) atoms. The monoisotopic (exact) mass is 278 g/mol. The van der Waals surface area contributed by atoms with E-state index in [4.69, 9.17) is 4.74 Å². The quantitative estimate of drug-likeness (QED) is 0.740. The van der Waals surface area contributed by atoms with E-state index in [0.29, 0.717) is 6.61 Å². The maximum atomic E-state index is 5.76. The van der Waals surface area contributed by atoms with Gasteiger partial charge in [0, 0.05) is 12.1 Å². The van der Waals surface area contributed by atoms with Crippen LogP contribution >= 0.6 is 0 Å².